The van der Waals surface area contributed by atoms with Gasteiger partial charge in [-0.3, -0.25) is 0 Å². The molecule has 16 heavy (non-hydrogen) atoms. The van der Waals surface area contributed by atoms with Crippen molar-refractivity contribution >= 4 is 11.3 Å². The third-order valence-corrected chi connectivity index (χ3v) is 3.19. The molecule has 0 aromatic carbocycles. The molecule has 2 aromatic heterocycles. The van der Waals surface area contributed by atoms with Crippen LogP contribution in [0.4, 0.5) is 8.78 Å². The summed E-state index contributed by atoms with van der Waals surface area (Å²) in [7, 11) is 0. The maximum absolute atomic E-state index is 12.2. The van der Waals surface area contributed by atoms with E-state index >= 15 is 0 Å². The molecule has 2 heterocycles. The molecular weight excluding hydrogens is 236 g/mol. The van der Waals surface area contributed by atoms with Crippen molar-refractivity contribution in [3.63, 3.8) is 0 Å². The van der Waals surface area contributed by atoms with Crippen molar-refractivity contribution in [2.24, 2.45) is 5.73 Å². The van der Waals surface area contributed by atoms with Gasteiger partial charge < -0.3 is 10.2 Å². The standard InChI is InChI=1S/C9H9F2N3OS/c1-4(12)5-2-3-6(16-5)8-13-14-9(15-8)7(10)11/h2-4,7H,12H2,1H3. The zero-order valence-electron chi connectivity index (χ0n) is 8.35. The summed E-state index contributed by atoms with van der Waals surface area (Å²) < 4.78 is 29.3. The van der Waals surface area contributed by atoms with Gasteiger partial charge in [-0.15, -0.1) is 21.5 Å². The van der Waals surface area contributed by atoms with E-state index < -0.39 is 12.3 Å². The molecule has 2 N–H and O–H groups in total. The van der Waals surface area contributed by atoms with Crippen LogP contribution < -0.4 is 5.73 Å². The Labute approximate surface area is 94.1 Å². The van der Waals surface area contributed by atoms with E-state index in [1.54, 1.807) is 6.07 Å². The van der Waals surface area contributed by atoms with E-state index in [2.05, 4.69) is 10.2 Å². The summed E-state index contributed by atoms with van der Waals surface area (Å²) in [5, 5.41) is 6.81. The van der Waals surface area contributed by atoms with Crippen molar-refractivity contribution in [2.45, 2.75) is 19.4 Å². The van der Waals surface area contributed by atoms with Crippen LogP contribution in [-0.4, -0.2) is 10.2 Å². The summed E-state index contributed by atoms with van der Waals surface area (Å²) in [6.07, 6.45) is -2.74. The van der Waals surface area contributed by atoms with Gasteiger partial charge in [-0.05, 0) is 19.1 Å². The number of rotatable bonds is 3. The second kappa shape index (κ2) is 4.26. The van der Waals surface area contributed by atoms with Crippen LogP contribution in [0.5, 0.6) is 0 Å². The van der Waals surface area contributed by atoms with Crippen molar-refractivity contribution in [3.8, 4) is 10.8 Å². The molecular formula is C9H9F2N3OS. The molecule has 1 atom stereocenters. The zero-order chi connectivity index (χ0) is 11.7. The molecule has 0 radical (unpaired) electrons. The van der Waals surface area contributed by atoms with Gasteiger partial charge in [0.1, 0.15) is 0 Å². The van der Waals surface area contributed by atoms with Gasteiger partial charge in [0.2, 0.25) is 0 Å². The predicted molar refractivity (Wildman–Crippen MR) is 55.2 cm³/mol. The van der Waals surface area contributed by atoms with E-state index in [1.165, 1.54) is 11.3 Å². The lowest BCUT2D eigenvalue weighted by Crippen LogP contribution is -2.01. The molecule has 0 aliphatic heterocycles. The molecule has 0 spiro atoms. The largest absolute Gasteiger partial charge is 0.414 e. The van der Waals surface area contributed by atoms with Gasteiger partial charge in [0.15, 0.2) is 0 Å². The number of thiophene rings is 1. The van der Waals surface area contributed by atoms with Crippen LogP contribution in [0.25, 0.3) is 10.8 Å². The van der Waals surface area contributed by atoms with E-state index in [1.807, 2.05) is 13.0 Å². The Morgan fingerprint density at radius 2 is 2.12 bits per heavy atom. The third-order valence-electron chi connectivity index (χ3n) is 1.91. The molecule has 0 amide bonds. The molecule has 0 aliphatic rings. The average molecular weight is 245 g/mol. The Bertz CT molecular complexity index is 436. The van der Waals surface area contributed by atoms with Crippen LogP contribution >= 0.6 is 11.3 Å². The summed E-state index contributed by atoms with van der Waals surface area (Å²) in [6, 6.07) is 3.44. The first-order valence-corrected chi connectivity index (χ1v) is 5.37. The summed E-state index contributed by atoms with van der Waals surface area (Å²) in [6.45, 7) is 1.84. The minimum Gasteiger partial charge on any atom is -0.414 e. The Balaban J connectivity index is 2.28. The summed E-state index contributed by atoms with van der Waals surface area (Å²) in [5.74, 6) is -0.557. The van der Waals surface area contributed by atoms with E-state index in [-0.39, 0.29) is 11.9 Å². The molecule has 0 aliphatic carbocycles. The highest BCUT2D eigenvalue weighted by Gasteiger charge is 2.18. The Hall–Kier alpha value is -1.34. The second-order valence-electron chi connectivity index (χ2n) is 3.24. The maximum Gasteiger partial charge on any atom is 0.314 e. The van der Waals surface area contributed by atoms with Gasteiger partial charge in [-0.25, -0.2) is 0 Å². The molecule has 0 saturated carbocycles. The van der Waals surface area contributed by atoms with E-state index in [9.17, 15) is 8.78 Å². The van der Waals surface area contributed by atoms with Crippen LogP contribution in [-0.2, 0) is 0 Å². The number of hydrogen-bond acceptors (Lipinski definition) is 5. The molecule has 2 aromatic rings. The highest BCUT2D eigenvalue weighted by Crippen LogP contribution is 2.31. The van der Waals surface area contributed by atoms with Gasteiger partial charge in [-0.1, -0.05) is 0 Å². The molecule has 4 nitrogen and oxygen atoms in total. The summed E-state index contributed by atoms with van der Waals surface area (Å²) >= 11 is 1.35. The first kappa shape index (κ1) is 11.2. The topological polar surface area (TPSA) is 64.9 Å². The summed E-state index contributed by atoms with van der Waals surface area (Å²) in [4.78, 5) is 1.58. The summed E-state index contributed by atoms with van der Waals surface area (Å²) in [5.41, 5.74) is 5.68. The first-order valence-electron chi connectivity index (χ1n) is 4.55. The molecule has 0 saturated heterocycles. The van der Waals surface area contributed by atoms with Crippen LogP contribution in [0.2, 0.25) is 0 Å². The van der Waals surface area contributed by atoms with Crippen molar-refractivity contribution in [1.29, 1.82) is 0 Å². The number of hydrogen-bond donors (Lipinski definition) is 1. The van der Waals surface area contributed by atoms with Crippen molar-refractivity contribution in [1.82, 2.24) is 10.2 Å². The third kappa shape index (κ3) is 2.10. The Morgan fingerprint density at radius 3 is 2.62 bits per heavy atom. The van der Waals surface area contributed by atoms with Crippen LogP contribution in [0.3, 0.4) is 0 Å². The van der Waals surface area contributed by atoms with Crippen LogP contribution in [0.1, 0.15) is 30.2 Å². The number of nitrogens with zero attached hydrogens (tertiary/aromatic N) is 2. The second-order valence-corrected chi connectivity index (χ2v) is 4.35. The monoisotopic (exact) mass is 245 g/mol. The minimum absolute atomic E-state index is 0.101. The minimum atomic E-state index is -2.74. The fraction of sp³-hybridized carbons (Fsp3) is 0.333. The lowest BCUT2D eigenvalue weighted by Gasteiger charge is -1.97. The van der Waals surface area contributed by atoms with Crippen molar-refractivity contribution < 1.29 is 13.2 Å². The highest BCUT2D eigenvalue weighted by atomic mass is 32.1. The fourth-order valence-corrected chi connectivity index (χ4v) is 2.02. The normalized spacial score (nSPS) is 13.3. The van der Waals surface area contributed by atoms with E-state index in [4.69, 9.17) is 10.2 Å². The van der Waals surface area contributed by atoms with Gasteiger partial charge in [0.25, 0.3) is 11.8 Å². The fourth-order valence-electron chi connectivity index (χ4n) is 1.13. The molecule has 0 bridgehead atoms. The number of alkyl halides is 2. The SMILES string of the molecule is CC(N)c1ccc(-c2nnc(C(F)F)o2)s1. The van der Waals surface area contributed by atoms with E-state index in [0.29, 0.717) is 4.88 Å². The molecule has 0 fully saturated rings. The average Bonchev–Trinajstić information content (AvgIpc) is 2.86. The quantitative estimate of drug-likeness (QED) is 0.903. The van der Waals surface area contributed by atoms with Gasteiger partial charge in [0, 0.05) is 10.9 Å². The van der Waals surface area contributed by atoms with Gasteiger partial charge >= 0.3 is 6.43 Å². The van der Waals surface area contributed by atoms with Crippen LogP contribution in [0.15, 0.2) is 16.5 Å². The van der Waals surface area contributed by atoms with Gasteiger partial charge in [0.05, 0.1) is 4.88 Å². The van der Waals surface area contributed by atoms with Gasteiger partial charge in [-0.2, -0.15) is 8.78 Å². The lowest BCUT2D eigenvalue weighted by atomic mass is 10.3. The maximum atomic E-state index is 12.2. The zero-order valence-corrected chi connectivity index (χ0v) is 9.17. The Kier molecular flexibility index (Phi) is 2.97. The molecule has 7 heteroatoms. The highest BCUT2D eigenvalue weighted by molar-refractivity contribution is 7.15. The number of aromatic nitrogens is 2. The van der Waals surface area contributed by atoms with Crippen molar-refractivity contribution in [3.05, 3.63) is 22.9 Å². The lowest BCUT2D eigenvalue weighted by molar-refractivity contribution is 0.116. The number of halogens is 2. The molecule has 1 unspecified atom stereocenters. The van der Waals surface area contributed by atoms with E-state index in [0.717, 1.165) is 4.88 Å². The van der Waals surface area contributed by atoms with Crippen molar-refractivity contribution in [2.75, 3.05) is 0 Å². The first-order chi connectivity index (χ1) is 7.58. The Morgan fingerprint density at radius 1 is 1.38 bits per heavy atom. The number of nitrogens with two attached hydrogens (primary N) is 1. The smallest absolute Gasteiger partial charge is 0.314 e. The predicted octanol–water partition coefficient (Wildman–Crippen LogP) is 2.76. The van der Waals surface area contributed by atoms with Crippen LogP contribution in [0, 0.1) is 0 Å². The molecule has 86 valence electrons. The molecule has 2 rings (SSSR count).